The van der Waals surface area contributed by atoms with Crippen LogP contribution in [0.15, 0.2) is 45.2 Å². The third-order valence-electron chi connectivity index (χ3n) is 3.57. The number of rotatable bonds is 5. The molecule has 9 heteroatoms. The summed E-state index contributed by atoms with van der Waals surface area (Å²) in [5.74, 6) is 0.890. The van der Waals surface area contributed by atoms with Gasteiger partial charge in [0, 0.05) is 10.3 Å². The molecule has 3 heterocycles. The fourth-order valence-corrected chi connectivity index (χ4v) is 3.53. The van der Waals surface area contributed by atoms with Gasteiger partial charge in [-0.25, -0.2) is 0 Å². The van der Waals surface area contributed by atoms with E-state index < -0.39 is 0 Å². The Kier molecular flexibility index (Phi) is 4.36. The van der Waals surface area contributed by atoms with Gasteiger partial charge in [-0.2, -0.15) is 0 Å². The second-order valence-electron chi connectivity index (χ2n) is 5.33. The molecular weight excluding hydrogens is 378 g/mol. The fraction of sp³-hybridized carbons (Fsp3) is 0.118. The molecule has 0 atom stereocenters. The minimum atomic E-state index is -0.273. The maximum absolute atomic E-state index is 12.0. The first kappa shape index (κ1) is 16.6. The summed E-state index contributed by atoms with van der Waals surface area (Å²) in [6, 6.07) is 10.9. The lowest BCUT2D eigenvalue weighted by Gasteiger charge is -1.98. The van der Waals surface area contributed by atoms with Crippen molar-refractivity contribution in [1.82, 2.24) is 10.2 Å². The Bertz CT molecular complexity index is 1080. The number of furan rings is 1. The van der Waals surface area contributed by atoms with Crippen LogP contribution in [0.3, 0.4) is 0 Å². The zero-order valence-corrected chi connectivity index (χ0v) is 15.1. The Hall–Kier alpha value is -2.84. The van der Waals surface area contributed by atoms with Crippen LogP contribution in [0.5, 0.6) is 5.75 Å². The first-order chi connectivity index (χ1) is 12.6. The number of amides is 1. The number of carbonyl (C=O) groups is 1. The van der Waals surface area contributed by atoms with Crippen LogP contribution in [-0.4, -0.2) is 23.2 Å². The van der Waals surface area contributed by atoms with Crippen LogP contribution in [0.1, 0.15) is 4.88 Å². The average molecular weight is 390 g/mol. The van der Waals surface area contributed by atoms with Crippen molar-refractivity contribution in [3.63, 3.8) is 0 Å². The zero-order valence-electron chi connectivity index (χ0n) is 13.5. The molecule has 3 aromatic heterocycles. The summed E-state index contributed by atoms with van der Waals surface area (Å²) in [6.45, 7) is 0. The van der Waals surface area contributed by atoms with Crippen LogP contribution in [0.4, 0.5) is 6.01 Å². The molecule has 0 spiro atoms. The van der Waals surface area contributed by atoms with Crippen molar-refractivity contribution >= 4 is 45.8 Å². The second-order valence-corrected chi connectivity index (χ2v) is 7.13. The fourth-order valence-electron chi connectivity index (χ4n) is 2.44. The highest BCUT2D eigenvalue weighted by atomic mass is 35.5. The van der Waals surface area contributed by atoms with Gasteiger partial charge in [-0.3, -0.25) is 10.1 Å². The Labute approximate surface area is 156 Å². The van der Waals surface area contributed by atoms with Gasteiger partial charge < -0.3 is 13.6 Å². The van der Waals surface area contributed by atoms with E-state index in [1.165, 1.54) is 11.3 Å². The van der Waals surface area contributed by atoms with Gasteiger partial charge in [0.25, 0.3) is 5.89 Å². The van der Waals surface area contributed by atoms with Gasteiger partial charge in [-0.05, 0) is 24.3 Å². The highest BCUT2D eigenvalue weighted by Crippen LogP contribution is 2.33. The maximum atomic E-state index is 12.0. The Morgan fingerprint density at radius 1 is 1.27 bits per heavy atom. The maximum Gasteiger partial charge on any atom is 0.322 e. The number of thiophene rings is 1. The molecule has 0 saturated carbocycles. The first-order valence-corrected chi connectivity index (χ1v) is 8.76. The molecule has 0 saturated heterocycles. The monoisotopic (exact) mass is 389 g/mol. The molecule has 132 valence electrons. The van der Waals surface area contributed by atoms with Crippen molar-refractivity contribution < 1.29 is 18.4 Å². The van der Waals surface area contributed by atoms with E-state index in [1.807, 2.05) is 12.1 Å². The summed E-state index contributed by atoms with van der Waals surface area (Å²) in [4.78, 5) is 12.9. The molecule has 26 heavy (non-hydrogen) atoms. The third kappa shape index (κ3) is 3.29. The van der Waals surface area contributed by atoms with E-state index in [0.717, 1.165) is 10.3 Å². The number of benzene rings is 1. The van der Waals surface area contributed by atoms with E-state index in [1.54, 1.807) is 31.4 Å². The zero-order chi connectivity index (χ0) is 18.1. The molecule has 4 rings (SSSR count). The minimum Gasteiger partial charge on any atom is -0.493 e. The van der Waals surface area contributed by atoms with Crippen LogP contribution in [-0.2, 0) is 11.2 Å². The lowest BCUT2D eigenvalue weighted by atomic mass is 10.2. The molecular formula is C17H12ClN3O4S. The first-order valence-electron chi connectivity index (χ1n) is 7.57. The summed E-state index contributed by atoms with van der Waals surface area (Å²) in [5, 5.41) is 11.2. The molecule has 1 N–H and O–H groups in total. The van der Waals surface area contributed by atoms with Crippen molar-refractivity contribution in [3.8, 4) is 17.4 Å². The van der Waals surface area contributed by atoms with Crippen molar-refractivity contribution in [3.05, 3.63) is 45.6 Å². The number of nitrogens with zero attached hydrogens (tertiary/aromatic N) is 2. The summed E-state index contributed by atoms with van der Waals surface area (Å²) in [5.41, 5.74) is 0.586. The minimum absolute atomic E-state index is 0.0000687. The number of methoxy groups -OCH3 is 1. The lowest BCUT2D eigenvalue weighted by Crippen LogP contribution is -2.13. The van der Waals surface area contributed by atoms with Gasteiger partial charge in [-0.1, -0.05) is 28.8 Å². The molecule has 1 amide bonds. The molecule has 0 aliphatic heterocycles. The number of nitrogens with one attached hydrogen (secondary N) is 1. The number of hydrogen-bond donors (Lipinski definition) is 1. The van der Waals surface area contributed by atoms with Crippen molar-refractivity contribution in [1.29, 1.82) is 0 Å². The molecule has 0 fully saturated rings. The molecule has 0 unspecified atom stereocenters. The Morgan fingerprint density at radius 2 is 2.15 bits per heavy atom. The van der Waals surface area contributed by atoms with Gasteiger partial charge in [0.2, 0.25) is 5.91 Å². The van der Waals surface area contributed by atoms with Crippen LogP contribution < -0.4 is 10.1 Å². The Balaban J connectivity index is 1.51. The van der Waals surface area contributed by atoms with E-state index in [4.69, 9.17) is 25.2 Å². The van der Waals surface area contributed by atoms with Crippen LogP contribution >= 0.6 is 22.9 Å². The molecule has 1 aromatic carbocycles. The average Bonchev–Trinajstić information content (AvgIpc) is 3.33. The number of carbonyl (C=O) groups excluding carboxylic acids is 1. The topological polar surface area (TPSA) is 90.4 Å². The van der Waals surface area contributed by atoms with Crippen LogP contribution in [0.25, 0.3) is 22.6 Å². The van der Waals surface area contributed by atoms with Gasteiger partial charge >= 0.3 is 6.01 Å². The third-order valence-corrected chi connectivity index (χ3v) is 4.80. The number of fused-ring (bicyclic) bond motifs is 1. The van der Waals surface area contributed by atoms with Crippen LogP contribution in [0.2, 0.25) is 4.34 Å². The van der Waals surface area contributed by atoms with Gasteiger partial charge in [0.05, 0.1) is 17.9 Å². The summed E-state index contributed by atoms with van der Waals surface area (Å²) >= 11 is 7.20. The predicted octanol–water partition coefficient (Wildman–Crippen LogP) is 4.39. The number of anilines is 1. The Morgan fingerprint density at radius 3 is 2.92 bits per heavy atom. The number of aromatic nitrogens is 2. The van der Waals surface area contributed by atoms with E-state index >= 15 is 0 Å². The van der Waals surface area contributed by atoms with Gasteiger partial charge in [-0.15, -0.1) is 16.4 Å². The van der Waals surface area contributed by atoms with Crippen LogP contribution in [0, 0.1) is 0 Å². The quantitative estimate of drug-likeness (QED) is 0.544. The largest absolute Gasteiger partial charge is 0.493 e. The molecule has 0 bridgehead atoms. The highest BCUT2D eigenvalue weighted by molar-refractivity contribution is 7.16. The van der Waals surface area contributed by atoms with Gasteiger partial charge in [0.15, 0.2) is 17.1 Å². The van der Waals surface area contributed by atoms with E-state index in [0.29, 0.717) is 21.4 Å². The normalized spacial score (nSPS) is 11.0. The SMILES string of the molecule is COc1cccc2cc(-c3nnc(NC(=O)Cc4ccc(Cl)s4)o3)oc12. The summed E-state index contributed by atoms with van der Waals surface area (Å²) in [7, 11) is 1.57. The molecule has 4 aromatic rings. The van der Waals surface area contributed by atoms with E-state index in [9.17, 15) is 4.79 Å². The van der Waals surface area contributed by atoms with E-state index in [2.05, 4.69) is 15.5 Å². The number of ether oxygens (including phenoxy) is 1. The molecule has 7 nitrogen and oxygen atoms in total. The predicted molar refractivity (Wildman–Crippen MR) is 97.7 cm³/mol. The second kappa shape index (κ2) is 6.81. The molecule has 0 radical (unpaired) electrons. The number of hydrogen-bond acceptors (Lipinski definition) is 7. The summed E-state index contributed by atoms with van der Waals surface area (Å²) in [6.07, 6.45) is 0.178. The van der Waals surface area contributed by atoms with Crippen molar-refractivity contribution in [2.45, 2.75) is 6.42 Å². The molecule has 0 aliphatic rings. The van der Waals surface area contributed by atoms with Crippen molar-refractivity contribution in [2.75, 3.05) is 12.4 Å². The number of para-hydroxylation sites is 1. The van der Waals surface area contributed by atoms with Gasteiger partial charge in [0.1, 0.15) is 0 Å². The van der Waals surface area contributed by atoms with Crippen molar-refractivity contribution in [2.24, 2.45) is 0 Å². The highest BCUT2D eigenvalue weighted by Gasteiger charge is 2.17. The number of halogens is 1. The smallest absolute Gasteiger partial charge is 0.322 e. The molecule has 0 aliphatic carbocycles. The standard InChI is InChI=1S/C17H12ClN3O4S/c1-23-11-4-2-3-9-7-12(24-15(9)11)16-20-21-17(25-16)19-14(22)8-10-5-6-13(18)26-10/h2-7H,8H2,1H3,(H,19,21,22). The summed E-state index contributed by atoms with van der Waals surface area (Å²) < 4.78 is 17.1. The van der Waals surface area contributed by atoms with E-state index in [-0.39, 0.29) is 24.2 Å². The lowest BCUT2D eigenvalue weighted by molar-refractivity contribution is -0.115.